The molecular weight excluding hydrogens is 320 g/mol. The maximum atomic E-state index is 5.46. The van der Waals surface area contributed by atoms with Gasteiger partial charge in [-0.05, 0) is 73.7 Å². The largest absolute Gasteiger partial charge is 0.497 e. The Bertz CT molecular complexity index is 565. The van der Waals surface area contributed by atoms with Gasteiger partial charge >= 0.3 is 0 Å². The molecule has 0 spiro atoms. The standard InChI is InChI=1S/C20H30N2O.ClH/c1-3-14-13-22-9-7-15(14)10-17(22)11-16-6-8-21-20-5-4-18(23-2)12-19(16)20;/h4-5,12,14-17,21H,3,6-11,13H2,1-2H3;1H/t14-,15-,16-,17-;/m0./s1. The van der Waals surface area contributed by atoms with E-state index < -0.39 is 0 Å². The van der Waals surface area contributed by atoms with Crippen LogP contribution < -0.4 is 10.1 Å². The predicted octanol–water partition coefficient (Wildman–Crippen LogP) is 4.53. The average molecular weight is 351 g/mol. The van der Waals surface area contributed by atoms with Gasteiger partial charge in [-0.3, -0.25) is 0 Å². The van der Waals surface area contributed by atoms with Gasteiger partial charge < -0.3 is 15.0 Å². The van der Waals surface area contributed by atoms with Gasteiger partial charge in [0.25, 0.3) is 0 Å². The molecule has 3 nitrogen and oxygen atoms in total. The quantitative estimate of drug-likeness (QED) is 0.863. The number of hydrogen-bond acceptors (Lipinski definition) is 3. The average Bonchev–Trinajstić information content (AvgIpc) is 2.62. The molecule has 3 fully saturated rings. The summed E-state index contributed by atoms with van der Waals surface area (Å²) in [6.07, 6.45) is 6.82. The lowest BCUT2D eigenvalue weighted by Gasteiger charge is -2.51. The fraction of sp³-hybridized carbons (Fsp3) is 0.700. The summed E-state index contributed by atoms with van der Waals surface area (Å²) in [5, 5.41) is 3.56. The van der Waals surface area contributed by atoms with Crippen molar-refractivity contribution in [1.82, 2.24) is 4.90 Å². The third-order valence-electron chi connectivity index (χ3n) is 6.60. The molecule has 134 valence electrons. The van der Waals surface area contributed by atoms with E-state index in [1.54, 1.807) is 7.11 Å². The van der Waals surface area contributed by atoms with Gasteiger partial charge in [0.2, 0.25) is 0 Å². The Balaban J connectivity index is 0.00000169. The van der Waals surface area contributed by atoms with Crippen molar-refractivity contribution in [2.75, 3.05) is 32.1 Å². The van der Waals surface area contributed by atoms with Gasteiger partial charge in [-0.25, -0.2) is 0 Å². The molecule has 4 aliphatic rings. The summed E-state index contributed by atoms with van der Waals surface area (Å²) in [5.41, 5.74) is 2.80. The van der Waals surface area contributed by atoms with E-state index in [9.17, 15) is 0 Å². The molecule has 5 rings (SSSR count). The minimum atomic E-state index is 0. The first-order valence-corrected chi connectivity index (χ1v) is 9.44. The summed E-state index contributed by atoms with van der Waals surface area (Å²) >= 11 is 0. The summed E-state index contributed by atoms with van der Waals surface area (Å²) < 4.78 is 5.46. The van der Waals surface area contributed by atoms with Crippen LogP contribution in [-0.2, 0) is 0 Å². The minimum Gasteiger partial charge on any atom is -0.497 e. The van der Waals surface area contributed by atoms with E-state index in [1.165, 1.54) is 56.4 Å². The van der Waals surface area contributed by atoms with Crippen molar-refractivity contribution in [2.24, 2.45) is 11.8 Å². The SMILES string of the molecule is CC[C@H]1CN2CC[C@H]1C[C@H]2C[C@@H]1CCNc2ccc(OC)cc21.Cl. The number of halogens is 1. The van der Waals surface area contributed by atoms with E-state index in [1.807, 2.05) is 0 Å². The zero-order chi connectivity index (χ0) is 15.8. The number of anilines is 1. The molecule has 2 bridgehead atoms. The number of nitrogens with zero attached hydrogens (tertiary/aromatic N) is 1. The van der Waals surface area contributed by atoms with Crippen LogP contribution in [0, 0.1) is 11.8 Å². The number of nitrogens with one attached hydrogen (secondary N) is 1. The summed E-state index contributed by atoms with van der Waals surface area (Å²) in [5.74, 6) is 3.63. The second-order valence-corrected chi connectivity index (χ2v) is 7.70. The molecule has 24 heavy (non-hydrogen) atoms. The second kappa shape index (κ2) is 7.53. The molecule has 0 radical (unpaired) electrons. The number of hydrogen-bond donors (Lipinski definition) is 1. The molecule has 0 amide bonds. The molecule has 0 aromatic heterocycles. The monoisotopic (exact) mass is 350 g/mol. The predicted molar refractivity (Wildman–Crippen MR) is 103 cm³/mol. The highest BCUT2D eigenvalue weighted by atomic mass is 35.5. The van der Waals surface area contributed by atoms with Crippen molar-refractivity contribution >= 4 is 18.1 Å². The molecule has 3 saturated heterocycles. The number of piperidine rings is 3. The molecule has 1 N–H and O–H groups in total. The summed E-state index contributed by atoms with van der Waals surface area (Å²) in [6.45, 7) is 6.16. The molecule has 1 aromatic rings. The molecule has 0 aliphatic carbocycles. The van der Waals surface area contributed by atoms with Crippen LogP contribution in [0.2, 0.25) is 0 Å². The summed E-state index contributed by atoms with van der Waals surface area (Å²) in [7, 11) is 1.77. The lowest BCUT2D eigenvalue weighted by atomic mass is 9.72. The van der Waals surface area contributed by atoms with E-state index >= 15 is 0 Å². The van der Waals surface area contributed by atoms with Gasteiger partial charge in [0.15, 0.2) is 0 Å². The third-order valence-corrected chi connectivity index (χ3v) is 6.60. The van der Waals surface area contributed by atoms with Gasteiger partial charge in [0.1, 0.15) is 5.75 Å². The molecule has 1 aromatic carbocycles. The van der Waals surface area contributed by atoms with Crippen LogP contribution in [0.1, 0.15) is 50.5 Å². The number of benzene rings is 1. The second-order valence-electron chi connectivity index (χ2n) is 7.70. The van der Waals surface area contributed by atoms with Crippen molar-refractivity contribution in [1.29, 1.82) is 0 Å². The third kappa shape index (κ3) is 3.25. The smallest absolute Gasteiger partial charge is 0.119 e. The highest BCUT2D eigenvalue weighted by Crippen LogP contribution is 2.43. The van der Waals surface area contributed by atoms with E-state index in [2.05, 4.69) is 35.3 Å². The number of fused-ring (bicyclic) bond motifs is 4. The van der Waals surface area contributed by atoms with Crippen molar-refractivity contribution < 1.29 is 4.74 Å². The van der Waals surface area contributed by atoms with Crippen LogP contribution in [0.5, 0.6) is 5.75 Å². The Labute approximate surface area is 152 Å². The Morgan fingerprint density at radius 1 is 1.29 bits per heavy atom. The molecule has 4 aliphatic heterocycles. The molecule has 0 saturated carbocycles. The van der Waals surface area contributed by atoms with Crippen molar-refractivity contribution in [2.45, 2.75) is 51.0 Å². The Morgan fingerprint density at radius 2 is 2.17 bits per heavy atom. The van der Waals surface area contributed by atoms with Gasteiger partial charge in [0.05, 0.1) is 7.11 Å². The van der Waals surface area contributed by atoms with Gasteiger partial charge in [-0.2, -0.15) is 0 Å². The lowest BCUT2D eigenvalue weighted by molar-refractivity contribution is -0.00631. The number of ether oxygens (including phenoxy) is 1. The topological polar surface area (TPSA) is 24.5 Å². The highest BCUT2D eigenvalue weighted by Gasteiger charge is 2.40. The zero-order valence-corrected chi connectivity index (χ0v) is 15.8. The molecule has 1 unspecified atom stereocenters. The molecule has 4 heterocycles. The first-order valence-electron chi connectivity index (χ1n) is 9.44. The van der Waals surface area contributed by atoms with Crippen molar-refractivity contribution in [3.8, 4) is 5.75 Å². The minimum absolute atomic E-state index is 0. The van der Waals surface area contributed by atoms with Crippen LogP contribution in [0.3, 0.4) is 0 Å². The van der Waals surface area contributed by atoms with Crippen LogP contribution in [0.4, 0.5) is 5.69 Å². The Morgan fingerprint density at radius 3 is 2.88 bits per heavy atom. The fourth-order valence-corrected chi connectivity index (χ4v) is 5.23. The van der Waals surface area contributed by atoms with Crippen LogP contribution in [0.15, 0.2) is 18.2 Å². The summed E-state index contributed by atoms with van der Waals surface area (Å²) in [4.78, 5) is 2.80. The van der Waals surface area contributed by atoms with Crippen molar-refractivity contribution in [3.63, 3.8) is 0 Å². The molecule has 4 heteroatoms. The maximum Gasteiger partial charge on any atom is 0.119 e. The van der Waals surface area contributed by atoms with Gasteiger partial charge in [-0.15, -0.1) is 12.4 Å². The highest BCUT2D eigenvalue weighted by molar-refractivity contribution is 5.85. The van der Waals surface area contributed by atoms with Gasteiger partial charge in [0, 0.05) is 24.8 Å². The molecular formula is C20H31ClN2O. The summed E-state index contributed by atoms with van der Waals surface area (Å²) in [6, 6.07) is 7.34. The van der Waals surface area contributed by atoms with E-state index in [0.717, 1.165) is 30.2 Å². The van der Waals surface area contributed by atoms with E-state index in [4.69, 9.17) is 4.74 Å². The fourth-order valence-electron chi connectivity index (χ4n) is 5.23. The first kappa shape index (κ1) is 17.9. The Hall–Kier alpha value is -0.930. The molecule has 5 atom stereocenters. The van der Waals surface area contributed by atoms with Gasteiger partial charge in [-0.1, -0.05) is 13.3 Å². The Kier molecular flexibility index (Phi) is 5.61. The lowest BCUT2D eigenvalue weighted by Crippen LogP contribution is -2.53. The van der Waals surface area contributed by atoms with E-state index in [0.29, 0.717) is 5.92 Å². The normalized spacial score (nSPS) is 34.0. The first-order chi connectivity index (χ1) is 11.3. The maximum absolute atomic E-state index is 5.46. The van der Waals surface area contributed by atoms with E-state index in [-0.39, 0.29) is 12.4 Å². The van der Waals surface area contributed by atoms with Crippen LogP contribution >= 0.6 is 12.4 Å². The number of rotatable bonds is 4. The van der Waals surface area contributed by atoms with Crippen LogP contribution in [0.25, 0.3) is 0 Å². The van der Waals surface area contributed by atoms with Crippen LogP contribution in [-0.4, -0.2) is 37.7 Å². The van der Waals surface area contributed by atoms with Crippen molar-refractivity contribution in [3.05, 3.63) is 23.8 Å². The number of methoxy groups -OCH3 is 1. The zero-order valence-electron chi connectivity index (χ0n) is 15.0.